The number of hydrogen-bond donors (Lipinski definition) is 0. The minimum Gasteiger partial charge on any atom is -0.493 e. The molecule has 0 radical (unpaired) electrons. The third kappa shape index (κ3) is 4.85. The summed E-state index contributed by atoms with van der Waals surface area (Å²) in [6.45, 7) is 5.90. The topological polar surface area (TPSA) is 69.1 Å². The lowest BCUT2D eigenvalue weighted by Gasteiger charge is -2.40. The molecule has 0 spiro atoms. The first kappa shape index (κ1) is 24.8. The van der Waals surface area contributed by atoms with E-state index < -0.39 is 5.79 Å². The molecule has 38 heavy (non-hydrogen) atoms. The number of carbonyl (C=O) groups excluding carboxylic acids is 1. The number of hydrogen-bond acceptors (Lipinski definition) is 6. The van der Waals surface area contributed by atoms with Gasteiger partial charge in [-0.1, -0.05) is 24.6 Å². The van der Waals surface area contributed by atoms with E-state index in [9.17, 15) is 4.79 Å². The third-order valence-electron chi connectivity index (χ3n) is 7.89. The molecule has 200 valence electrons. The number of carbonyl (C=O) groups is 1. The lowest BCUT2D eigenvalue weighted by atomic mass is 9.91. The second-order valence-corrected chi connectivity index (χ2v) is 11.0. The Bertz CT molecular complexity index is 1300. The number of para-hydroxylation sites is 1. The van der Waals surface area contributed by atoms with Gasteiger partial charge in [-0.2, -0.15) is 5.10 Å². The van der Waals surface area contributed by atoms with Gasteiger partial charge in [-0.25, -0.2) is 4.68 Å². The van der Waals surface area contributed by atoms with Crippen molar-refractivity contribution in [1.29, 1.82) is 0 Å². The fourth-order valence-corrected chi connectivity index (χ4v) is 5.84. The van der Waals surface area contributed by atoms with E-state index in [1.807, 2.05) is 66.0 Å². The Morgan fingerprint density at radius 1 is 1.11 bits per heavy atom. The van der Waals surface area contributed by atoms with Gasteiger partial charge in [0.1, 0.15) is 0 Å². The van der Waals surface area contributed by atoms with E-state index in [-0.39, 0.29) is 5.91 Å². The van der Waals surface area contributed by atoms with E-state index in [0.717, 1.165) is 24.3 Å². The Kier molecular flexibility index (Phi) is 6.51. The molecular formula is C30H36N4O4. The zero-order valence-electron chi connectivity index (χ0n) is 22.4. The van der Waals surface area contributed by atoms with Crippen LogP contribution >= 0.6 is 0 Å². The van der Waals surface area contributed by atoms with Gasteiger partial charge in [0.05, 0.1) is 25.0 Å². The predicted octanol–water partition coefficient (Wildman–Crippen LogP) is 5.05. The largest absolute Gasteiger partial charge is 0.493 e. The van der Waals surface area contributed by atoms with E-state index in [1.54, 1.807) is 19.2 Å². The Balaban J connectivity index is 1.29. The summed E-state index contributed by atoms with van der Waals surface area (Å²) in [5.41, 5.74) is 2.37. The third-order valence-corrected chi connectivity index (χ3v) is 7.89. The van der Waals surface area contributed by atoms with Crippen LogP contribution in [0.1, 0.15) is 62.0 Å². The molecule has 2 aliphatic heterocycles. The van der Waals surface area contributed by atoms with Crippen molar-refractivity contribution in [3.63, 3.8) is 0 Å². The average molecular weight is 517 g/mol. The molecule has 8 heteroatoms. The fourth-order valence-electron chi connectivity index (χ4n) is 5.84. The minimum absolute atomic E-state index is 0.0610. The molecule has 0 bridgehead atoms. The number of nitrogens with zero attached hydrogens (tertiary/aromatic N) is 4. The van der Waals surface area contributed by atoms with Crippen molar-refractivity contribution >= 4 is 5.91 Å². The Labute approximate surface area is 224 Å². The van der Waals surface area contributed by atoms with Crippen LogP contribution in [0.4, 0.5) is 0 Å². The maximum absolute atomic E-state index is 14.1. The van der Waals surface area contributed by atoms with Gasteiger partial charge in [0.15, 0.2) is 11.5 Å². The summed E-state index contributed by atoms with van der Waals surface area (Å²) in [6.07, 6.45) is 8.08. The summed E-state index contributed by atoms with van der Waals surface area (Å²) in [7, 11) is 1.58. The molecule has 8 nitrogen and oxygen atoms in total. The number of methoxy groups -OCH3 is 1. The molecule has 0 N–H and O–H groups in total. The normalized spacial score (nSPS) is 20.3. The minimum atomic E-state index is -0.811. The molecule has 1 aliphatic carbocycles. The first-order valence-corrected chi connectivity index (χ1v) is 13.7. The molecule has 0 unspecified atom stereocenters. The number of aromatic nitrogens is 2. The first-order chi connectivity index (χ1) is 18.4. The van der Waals surface area contributed by atoms with Crippen LogP contribution in [0.15, 0.2) is 54.7 Å². The lowest BCUT2D eigenvalue weighted by Crippen LogP contribution is -2.48. The summed E-state index contributed by atoms with van der Waals surface area (Å²) in [6, 6.07) is 16.6. The molecule has 3 aliphatic rings. The molecule has 2 fully saturated rings. The molecule has 6 rings (SSSR count). The second kappa shape index (κ2) is 9.98. The molecule has 1 aromatic heterocycles. The van der Waals surface area contributed by atoms with Crippen molar-refractivity contribution in [2.75, 3.05) is 20.2 Å². The number of ether oxygens (including phenoxy) is 3. The number of likely N-dealkylation sites (tertiary alicyclic amines) is 1. The molecule has 2 aromatic carbocycles. The van der Waals surface area contributed by atoms with Gasteiger partial charge < -0.3 is 19.1 Å². The molecule has 3 heterocycles. The summed E-state index contributed by atoms with van der Waals surface area (Å²) >= 11 is 0. The molecule has 1 saturated heterocycles. The second-order valence-electron chi connectivity index (χ2n) is 11.0. The highest BCUT2D eigenvalue weighted by Crippen LogP contribution is 2.47. The van der Waals surface area contributed by atoms with E-state index in [1.165, 1.54) is 25.7 Å². The SMILES string of the molecule is COc1cc(C(=O)N(Cc2ccn(-c3ccccc3)n2)C[C@@H]2CCCN2C2CCC2)cc2c1OC(C)(C)O2. The van der Waals surface area contributed by atoms with Crippen molar-refractivity contribution in [1.82, 2.24) is 19.6 Å². The van der Waals surface area contributed by atoms with Crippen molar-refractivity contribution in [2.45, 2.75) is 70.4 Å². The summed E-state index contributed by atoms with van der Waals surface area (Å²) in [5.74, 6) is 0.696. The average Bonchev–Trinajstić information content (AvgIpc) is 3.60. The van der Waals surface area contributed by atoms with Gasteiger partial charge in [-0.05, 0) is 62.6 Å². The van der Waals surface area contributed by atoms with Crippen molar-refractivity contribution in [3.8, 4) is 22.9 Å². The van der Waals surface area contributed by atoms with Crippen molar-refractivity contribution in [2.24, 2.45) is 0 Å². The first-order valence-electron chi connectivity index (χ1n) is 13.7. The number of rotatable bonds is 8. The van der Waals surface area contributed by atoms with Gasteiger partial charge in [-0.3, -0.25) is 9.69 Å². The van der Waals surface area contributed by atoms with Gasteiger partial charge in [0, 0.05) is 44.2 Å². The molecule has 3 aromatic rings. The number of fused-ring (bicyclic) bond motifs is 1. The van der Waals surface area contributed by atoms with Crippen LogP contribution in [0, 0.1) is 0 Å². The number of benzene rings is 2. The maximum Gasteiger partial charge on any atom is 0.254 e. The van der Waals surface area contributed by atoms with E-state index >= 15 is 0 Å². The Hall–Kier alpha value is -3.52. The Morgan fingerprint density at radius 2 is 1.92 bits per heavy atom. The van der Waals surface area contributed by atoms with E-state index in [0.29, 0.717) is 48.0 Å². The quantitative estimate of drug-likeness (QED) is 0.418. The highest BCUT2D eigenvalue weighted by atomic mass is 16.7. The van der Waals surface area contributed by atoms with Crippen molar-refractivity contribution in [3.05, 3.63) is 66.0 Å². The molecular weight excluding hydrogens is 480 g/mol. The van der Waals surface area contributed by atoms with Crippen LogP contribution < -0.4 is 14.2 Å². The van der Waals surface area contributed by atoms with E-state index in [2.05, 4.69) is 4.90 Å². The maximum atomic E-state index is 14.1. The van der Waals surface area contributed by atoms with E-state index in [4.69, 9.17) is 19.3 Å². The standard InChI is InChI=1S/C30H36N4O4/c1-30(2)37-27-18-21(17-26(36-3)28(27)38-30)29(35)32(20-25-13-8-15-33(25)23-11-7-12-23)19-22-14-16-34(31-22)24-9-5-4-6-10-24/h4-6,9-10,14,16-18,23,25H,7-8,11-13,15,19-20H2,1-3H3/t25-/m0/s1. The van der Waals surface area contributed by atoms with Gasteiger partial charge >= 0.3 is 0 Å². The fraction of sp³-hybridized carbons (Fsp3) is 0.467. The highest BCUT2D eigenvalue weighted by molar-refractivity contribution is 5.95. The summed E-state index contributed by atoms with van der Waals surface area (Å²) < 4.78 is 19.4. The lowest BCUT2D eigenvalue weighted by molar-refractivity contribution is -0.0439. The summed E-state index contributed by atoms with van der Waals surface area (Å²) in [4.78, 5) is 18.7. The van der Waals surface area contributed by atoms with Crippen LogP contribution in [0.3, 0.4) is 0 Å². The van der Waals surface area contributed by atoms with Crippen molar-refractivity contribution < 1.29 is 19.0 Å². The zero-order chi connectivity index (χ0) is 26.3. The smallest absolute Gasteiger partial charge is 0.254 e. The van der Waals surface area contributed by atoms with Gasteiger partial charge in [-0.15, -0.1) is 0 Å². The van der Waals surface area contributed by atoms with Crippen LogP contribution in [-0.4, -0.2) is 63.6 Å². The Morgan fingerprint density at radius 3 is 2.66 bits per heavy atom. The summed E-state index contributed by atoms with van der Waals surface area (Å²) in [5, 5.41) is 4.80. The molecule has 1 atom stereocenters. The molecule has 1 amide bonds. The molecule has 1 saturated carbocycles. The van der Waals surface area contributed by atoms with Crippen LogP contribution in [0.25, 0.3) is 5.69 Å². The predicted molar refractivity (Wildman–Crippen MR) is 144 cm³/mol. The zero-order valence-corrected chi connectivity index (χ0v) is 22.4. The van der Waals surface area contributed by atoms with Gasteiger partial charge in [0.25, 0.3) is 5.91 Å². The van der Waals surface area contributed by atoms with Gasteiger partial charge in [0.2, 0.25) is 11.5 Å². The van der Waals surface area contributed by atoms with Crippen LogP contribution in [-0.2, 0) is 6.54 Å². The van der Waals surface area contributed by atoms with Crippen LogP contribution in [0.2, 0.25) is 0 Å². The highest BCUT2D eigenvalue weighted by Gasteiger charge is 2.38. The number of amides is 1. The van der Waals surface area contributed by atoms with Crippen LogP contribution in [0.5, 0.6) is 17.2 Å². The monoisotopic (exact) mass is 516 g/mol.